The van der Waals surface area contributed by atoms with Crippen LogP contribution in [-0.4, -0.2) is 17.5 Å². The molecule has 0 aromatic carbocycles. The van der Waals surface area contributed by atoms with E-state index in [9.17, 15) is 0 Å². The van der Waals surface area contributed by atoms with Crippen molar-refractivity contribution in [3.05, 3.63) is 0 Å². The molecule has 1 N–H and O–H groups in total. The highest BCUT2D eigenvalue weighted by molar-refractivity contribution is 14.1. The van der Waals surface area contributed by atoms with Gasteiger partial charge in [0.15, 0.2) is 0 Å². The summed E-state index contributed by atoms with van der Waals surface area (Å²) >= 11 is 2.44. The van der Waals surface area contributed by atoms with Crippen molar-refractivity contribution in [3.63, 3.8) is 0 Å². The standard InChI is InChI=1S/C9H18IN/c10-6-1-2-7-11-8-9-4-3-5-9/h9,11H,1-8H2. The van der Waals surface area contributed by atoms with Gasteiger partial charge in [-0.1, -0.05) is 29.0 Å². The molecule has 0 aromatic rings. The number of rotatable bonds is 6. The maximum absolute atomic E-state index is 3.52. The smallest absolute Gasteiger partial charge is 0.000426 e. The van der Waals surface area contributed by atoms with Crippen molar-refractivity contribution in [2.45, 2.75) is 32.1 Å². The minimum absolute atomic E-state index is 1.02. The number of nitrogens with one attached hydrogen (secondary N) is 1. The van der Waals surface area contributed by atoms with Crippen molar-refractivity contribution in [2.24, 2.45) is 5.92 Å². The summed E-state index contributed by atoms with van der Waals surface area (Å²) in [4.78, 5) is 0. The molecule has 2 heteroatoms. The third-order valence-electron chi connectivity index (χ3n) is 2.39. The van der Waals surface area contributed by atoms with Crippen LogP contribution in [0.25, 0.3) is 0 Å². The summed E-state index contributed by atoms with van der Waals surface area (Å²) < 4.78 is 1.31. The molecule has 0 aromatic heterocycles. The maximum atomic E-state index is 3.52. The Labute approximate surface area is 83.5 Å². The molecule has 1 rings (SSSR count). The van der Waals surface area contributed by atoms with Crippen molar-refractivity contribution in [1.82, 2.24) is 5.32 Å². The van der Waals surface area contributed by atoms with E-state index < -0.39 is 0 Å². The van der Waals surface area contributed by atoms with E-state index in [4.69, 9.17) is 0 Å². The Morgan fingerprint density at radius 3 is 2.64 bits per heavy atom. The summed E-state index contributed by atoms with van der Waals surface area (Å²) in [5.74, 6) is 1.02. The molecule has 66 valence electrons. The SMILES string of the molecule is ICCCCNCC1CCC1. The summed E-state index contributed by atoms with van der Waals surface area (Å²) in [7, 11) is 0. The second-order valence-electron chi connectivity index (χ2n) is 3.40. The fourth-order valence-electron chi connectivity index (χ4n) is 1.35. The normalized spacial score (nSPS) is 18.3. The highest BCUT2D eigenvalue weighted by atomic mass is 127. The van der Waals surface area contributed by atoms with Crippen molar-refractivity contribution in [3.8, 4) is 0 Å². The fraction of sp³-hybridized carbons (Fsp3) is 1.00. The molecule has 0 aliphatic heterocycles. The van der Waals surface area contributed by atoms with Crippen LogP contribution in [0, 0.1) is 5.92 Å². The zero-order valence-electron chi connectivity index (χ0n) is 7.11. The molecular weight excluding hydrogens is 249 g/mol. The van der Waals surface area contributed by atoms with Crippen LogP contribution in [0.1, 0.15) is 32.1 Å². The van der Waals surface area contributed by atoms with Crippen LogP contribution in [0.4, 0.5) is 0 Å². The first-order valence-electron chi connectivity index (χ1n) is 4.70. The van der Waals surface area contributed by atoms with E-state index >= 15 is 0 Å². The zero-order chi connectivity index (χ0) is 7.94. The quantitative estimate of drug-likeness (QED) is 0.443. The first-order valence-corrected chi connectivity index (χ1v) is 6.22. The van der Waals surface area contributed by atoms with E-state index in [0.29, 0.717) is 0 Å². The summed E-state index contributed by atoms with van der Waals surface area (Å²) in [5.41, 5.74) is 0. The van der Waals surface area contributed by atoms with Crippen LogP contribution in [0.3, 0.4) is 0 Å². The molecule has 1 fully saturated rings. The summed E-state index contributed by atoms with van der Waals surface area (Å²) in [6.07, 6.45) is 7.15. The van der Waals surface area contributed by atoms with Crippen LogP contribution in [0.2, 0.25) is 0 Å². The van der Waals surface area contributed by atoms with Gasteiger partial charge in [0.25, 0.3) is 0 Å². The van der Waals surface area contributed by atoms with Gasteiger partial charge in [0.1, 0.15) is 0 Å². The maximum Gasteiger partial charge on any atom is -0.000426 e. The van der Waals surface area contributed by atoms with Gasteiger partial charge >= 0.3 is 0 Å². The van der Waals surface area contributed by atoms with Gasteiger partial charge in [-0.05, 0) is 49.1 Å². The number of halogens is 1. The average Bonchev–Trinajstić information content (AvgIpc) is 1.93. The summed E-state index contributed by atoms with van der Waals surface area (Å²) in [6, 6.07) is 0. The fourth-order valence-corrected chi connectivity index (χ4v) is 1.89. The Kier molecular flexibility index (Phi) is 5.54. The molecule has 0 unspecified atom stereocenters. The molecule has 0 heterocycles. The van der Waals surface area contributed by atoms with E-state index in [0.717, 1.165) is 5.92 Å². The molecule has 1 saturated carbocycles. The van der Waals surface area contributed by atoms with Gasteiger partial charge < -0.3 is 5.32 Å². The Balaban J connectivity index is 1.73. The Morgan fingerprint density at radius 1 is 1.27 bits per heavy atom. The number of unbranched alkanes of at least 4 members (excludes halogenated alkanes) is 1. The molecule has 1 nitrogen and oxygen atoms in total. The Bertz CT molecular complexity index is 91.6. The monoisotopic (exact) mass is 267 g/mol. The first-order chi connectivity index (χ1) is 5.43. The largest absolute Gasteiger partial charge is 0.316 e. The Hall–Kier alpha value is 0.690. The summed E-state index contributed by atoms with van der Waals surface area (Å²) in [5, 5.41) is 3.52. The average molecular weight is 267 g/mol. The molecule has 0 atom stereocenters. The molecular formula is C9H18IN. The number of hydrogen-bond acceptors (Lipinski definition) is 1. The number of alkyl halides is 1. The van der Waals surface area contributed by atoms with Crippen LogP contribution in [0.5, 0.6) is 0 Å². The molecule has 0 bridgehead atoms. The lowest BCUT2D eigenvalue weighted by Crippen LogP contribution is -2.27. The topological polar surface area (TPSA) is 12.0 Å². The second kappa shape index (κ2) is 6.23. The van der Waals surface area contributed by atoms with Gasteiger partial charge in [-0.3, -0.25) is 0 Å². The minimum Gasteiger partial charge on any atom is -0.316 e. The predicted molar refractivity (Wildman–Crippen MR) is 58.3 cm³/mol. The minimum atomic E-state index is 1.02. The highest BCUT2D eigenvalue weighted by Crippen LogP contribution is 2.24. The molecule has 0 radical (unpaired) electrons. The summed E-state index contributed by atoms with van der Waals surface area (Å²) in [6.45, 7) is 2.51. The van der Waals surface area contributed by atoms with Gasteiger partial charge in [-0.25, -0.2) is 0 Å². The van der Waals surface area contributed by atoms with E-state index in [1.165, 1.54) is 49.6 Å². The lowest BCUT2D eigenvalue weighted by molar-refractivity contribution is 0.302. The van der Waals surface area contributed by atoms with Gasteiger partial charge in [0, 0.05) is 0 Å². The lowest BCUT2D eigenvalue weighted by Gasteiger charge is -2.25. The third-order valence-corrected chi connectivity index (χ3v) is 3.16. The molecule has 0 amide bonds. The van der Waals surface area contributed by atoms with Crippen molar-refractivity contribution < 1.29 is 0 Å². The highest BCUT2D eigenvalue weighted by Gasteiger charge is 2.15. The number of hydrogen-bond donors (Lipinski definition) is 1. The first kappa shape index (κ1) is 9.78. The third kappa shape index (κ3) is 4.31. The molecule has 0 saturated heterocycles. The van der Waals surface area contributed by atoms with Crippen molar-refractivity contribution >= 4 is 22.6 Å². The van der Waals surface area contributed by atoms with Crippen molar-refractivity contribution in [1.29, 1.82) is 0 Å². The Morgan fingerprint density at radius 2 is 2.09 bits per heavy atom. The van der Waals surface area contributed by atoms with Gasteiger partial charge in [-0.2, -0.15) is 0 Å². The second-order valence-corrected chi connectivity index (χ2v) is 4.48. The van der Waals surface area contributed by atoms with Gasteiger partial charge in [0.05, 0.1) is 0 Å². The molecule has 11 heavy (non-hydrogen) atoms. The zero-order valence-corrected chi connectivity index (χ0v) is 9.27. The predicted octanol–water partition coefficient (Wildman–Crippen LogP) is 2.59. The van der Waals surface area contributed by atoms with E-state index in [2.05, 4.69) is 27.9 Å². The van der Waals surface area contributed by atoms with E-state index in [1.54, 1.807) is 0 Å². The lowest BCUT2D eigenvalue weighted by atomic mass is 9.85. The van der Waals surface area contributed by atoms with Gasteiger partial charge in [-0.15, -0.1) is 0 Å². The van der Waals surface area contributed by atoms with Gasteiger partial charge in [0.2, 0.25) is 0 Å². The van der Waals surface area contributed by atoms with Crippen molar-refractivity contribution in [2.75, 3.05) is 17.5 Å². The van der Waals surface area contributed by atoms with Crippen LogP contribution in [0.15, 0.2) is 0 Å². The van der Waals surface area contributed by atoms with E-state index in [-0.39, 0.29) is 0 Å². The van der Waals surface area contributed by atoms with Crippen LogP contribution < -0.4 is 5.32 Å². The van der Waals surface area contributed by atoms with Crippen LogP contribution >= 0.6 is 22.6 Å². The van der Waals surface area contributed by atoms with Crippen LogP contribution in [-0.2, 0) is 0 Å². The molecule has 1 aliphatic carbocycles. The molecule has 0 spiro atoms. The van der Waals surface area contributed by atoms with E-state index in [1.807, 2.05) is 0 Å². The molecule has 1 aliphatic rings.